The zero-order valence-corrected chi connectivity index (χ0v) is 14.1. The van der Waals surface area contributed by atoms with Crippen LogP contribution in [0, 0.1) is 20.8 Å². The predicted molar refractivity (Wildman–Crippen MR) is 90.5 cm³/mol. The second-order valence-electron chi connectivity index (χ2n) is 5.64. The van der Waals surface area contributed by atoms with Crippen LogP contribution in [-0.4, -0.2) is 35.2 Å². The van der Waals surface area contributed by atoms with Crippen molar-refractivity contribution in [1.82, 2.24) is 29.3 Å². The normalized spacial score (nSPS) is 10.7. The molecule has 0 fully saturated rings. The smallest absolute Gasteiger partial charge is 0.253 e. The highest BCUT2D eigenvalue weighted by molar-refractivity contribution is 5.89. The van der Waals surface area contributed by atoms with E-state index < -0.39 is 0 Å². The Morgan fingerprint density at radius 3 is 2.56 bits per heavy atom. The second kappa shape index (κ2) is 6.63. The average molecular weight is 339 g/mol. The van der Waals surface area contributed by atoms with E-state index in [-0.39, 0.29) is 18.0 Å². The fraction of sp³-hybridized carbons (Fsp3) is 0.250. The monoisotopic (exact) mass is 339 g/mol. The van der Waals surface area contributed by atoms with Crippen molar-refractivity contribution in [2.45, 2.75) is 27.3 Å². The zero-order valence-electron chi connectivity index (χ0n) is 14.1. The molecule has 0 aliphatic heterocycles. The molecule has 3 heterocycles. The molecule has 0 saturated carbocycles. The number of anilines is 1. The number of rotatable bonds is 4. The molecule has 1 N–H and O–H groups in total. The molecule has 0 spiro atoms. The summed E-state index contributed by atoms with van der Waals surface area (Å²) in [5, 5.41) is 7.00. The van der Waals surface area contributed by atoms with Crippen LogP contribution in [0.4, 0.5) is 5.82 Å². The highest BCUT2D eigenvalue weighted by Gasteiger charge is 2.10. The third kappa shape index (κ3) is 3.77. The summed E-state index contributed by atoms with van der Waals surface area (Å²) in [4.78, 5) is 36.2. The molecule has 128 valence electrons. The lowest BCUT2D eigenvalue weighted by atomic mass is 10.4. The second-order valence-corrected chi connectivity index (χ2v) is 5.64. The lowest BCUT2D eigenvalue weighted by Gasteiger charge is -2.08. The summed E-state index contributed by atoms with van der Waals surface area (Å²) in [7, 11) is 0. The Bertz CT molecular complexity index is 990. The molecular formula is C16H17N7O2. The van der Waals surface area contributed by atoms with E-state index >= 15 is 0 Å². The van der Waals surface area contributed by atoms with E-state index in [1.54, 1.807) is 17.7 Å². The molecular weight excluding hydrogens is 322 g/mol. The van der Waals surface area contributed by atoms with Gasteiger partial charge in [-0.15, -0.1) is 0 Å². The molecule has 0 saturated heterocycles. The minimum absolute atomic E-state index is 0.147. The summed E-state index contributed by atoms with van der Waals surface area (Å²) >= 11 is 0. The zero-order chi connectivity index (χ0) is 18.0. The van der Waals surface area contributed by atoms with Gasteiger partial charge in [-0.3, -0.25) is 14.2 Å². The molecule has 0 atom stereocenters. The topological polar surface area (TPSA) is 108 Å². The van der Waals surface area contributed by atoms with E-state index in [2.05, 4.69) is 25.4 Å². The SMILES string of the molecule is Cc1cc(=O)n(CC(=O)Nc2cc(-n3nc(C)cc3C)ncn2)cn1. The standard InChI is InChI=1S/C16H17N7O2/c1-10-5-16(25)22(9-19-10)7-15(24)20-13-6-14(18-8-17-13)23-12(3)4-11(2)21-23/h4-6,8-9H,7H2,1-3H3,(H,17,18,20,24). The van der Waals surface area contributed by atoms with E-state index in [9.17, 15) is 9.59 Å². The van der Waals surface area contributed by atoms with Crippen LogP contribution in [0.3, 0.4) is 0 Å². The Hall–Kier alpha value is -3.36. The van der Waals surface area contributed by atoms with E-state index in [1.807, 2.05) is 19.9 Å². The number of hydrogen-bond acceptors (Lipinski definition) is 6. The minimum atomic E-state index is -0.384. The highest BCUT2D eigenvalue weighted by atomic mass is 16.2. The van der Waals surface area contributed by atoms with E-state index in [0.29, 0.717) is 17.3 Å². The van der Waals surface area contributed by atoms with Crippen molar-refractivity contribution in [3.8, 4) is 5.82 Å². The highest BCUT2D eigenvalue weighted by Crippen LogP contribution is 2.12. The van der Waals surface area contributed by atoms with Crippen LogP contribution >= 0.6 is 0 Å². The van der Waals surface area contributed by atoms with Crippen LogP contribution in [0.5, 0.6) is 0 Å². The Morgan fingerprint density at radius 2 is 1.88 bits per heavy atom. The van der Waals surface area contributed by atoms with Gasteiger partial charge in [0.25, 0.3) is 5.56 Å². The van der Waals surface area contributed by atoms with Gasteiger partial charge in [0.15, 0.2) is 5.82 Å². The number of carbonyl (C=O) groups excluding carboxylic acids is 1. The molecule has 3 aromatic rings. The molecule has 0 aliphatic carbocycles. The van der Waals surface area contributed by atoms with Gasteiger partial charge in [-0.25, -0.2) is 19.6 Å². The van der Waals surface area contributed by atoms with Gasteiger partial charge >= 0.3 is 0 Å². The number of aryl methyl sites for hydroxylation is 3. The van der Waals surface area contributed by atoms with Gasteiger partial charge in [-0.2, -0.15) is 5.10 Å². The Balaban J connectivity index is 1.77. The molecule has 0 aliphatic rings. The summed E-state index contributed by atoms with van der Waals surface area (Å²) in [5.74, 6) is 0.492. The molecule has 0 unspecified atom stereocenters. The van der Waals surface area contributed by atoms with Gasteiger partial charge in [-0.05, 0) is 26.8 Å². The van der Waals surface area contributed by atoms with Gasteiger partial charge in [0.05, 0.1) is 12.0 Å². The van der Waals surface area contributed by atoms with Gasteiger partial charge in [0.2, 0.25) is 5.91 Å². The van der Waals surface area contributed by atoms with Crippen LogP contribution in [0.2, 0.25) is 0 Å². The fourth-order valence-corrected chi connectivity index (χ4v) is 2.36. The molecule has 1 amide bonds. The molecule has 25 heavy (non-hydrogen) atoms. The summed E-state index contributed by atoms with van der Waals surface area (Å²) in [6.45, 7) is 5.37. The number of amides is 1. The number of nitrogens with zero attached hydrogens (tertiary/aromatic N) is 6. The van der Waals surface area contributed by atoms with Gasteiger partial charge in [0.1, 0.15) is 18.7 Å². The summed E-state index contributed by atoms with van der Waals surface area (Å²) in [6, 6.07) is 4.92. The summed E-state index contributed by atoms with van der Waals surface area (Å²) in [6.07, 6.45) is 2.69. The van der Waals surface area contributed by atoms with Crippen molar-refractivity contribution in [3.05, 3.63) is 58.3 Å². The molecule has 0 bridgehead atoms. The summed E-state index contributed by atoms with van der Waals surface area (Å²) < 4.78 is 2.90. The first kappa shape index (κ1) is 16.5. The van der Waals surface area contributed by atoms with Gasteiger partial charge in [0, 0.05) is 23.5 Å². The van der Waals surface area contributed by atoms with E-state index in [1.165, 1.54) is 23.3 Å². The largest absolute Gasteiger partial charge is 0.309 e. The maximum atomic E-state index is 12.2. The maximum absolute atomic E-state index is 12.2. The molecule has 0 aromatic carbocycles. The maximum Gasteiger partial charge on any atom is 0.253 e. The van der Waals surface area contributed by atoms with Gasteiger partial charge in [-0.1, -0.05) is 0 Å². The first-order valence-electron chi connectivity index (χ1n) is 7.61. The van der Waals surface area contributed by atoms with Crippen LogP contribution in [0.25, 0.3) is 5.82 Å². The molecule has 3 rings (SSSR count). The van der Waals surface area contributed by atoms with Crippen LogP contribution in [0.1, 0.15) is 17.1 Å². The average Bonchev–Trinajstić information content (AvgIpc) is 2.89. The molecule has 9 nitrogen and oxygen atoms in total. The lowest BCUT2D eigenvalue weighted by Crippen LogP contribution is -2.27. The van der Waals surface area contributed by atoms with Crippen molar-refractivity contribution in [3.63, 3.8) is 0 Å². The Labute approximate surface area is 143 Å². The first-order chi connectivity index (χ1) is 11.9. The third-order valence-corrected chi connectivity index (χ3v) is 3.48. The van der Waals surface area contributed by atoms with Crippen LogP contribution in [0.15, 0.2) is 35.6 Å². The number of aromatic nitrogens is 6. The first-order valence-corrected chi connectivity index (χ1v) is 7.61. The Morgan fingerprint density at radius 1 is 1.08 bits per heavy atom. The number of hydrogen-bond donors (Lipinski definition) is 1. The lowest BCUT2D eigenvalue weighted by molar-refractivity contribution is -0.116. The molecule has 9 heteroatoms. The predicted octanol–water partition coefficient (Wildman–Crippen LogP) is 0.783. The quantitative estimate of drug-likeness (QED) is 0.753. The van der Waals surface area contributed by atoms with Crippen LogP contribution in [-0.2, 0) is 11.3 Å². The molecule has 0 radical (unpaired) electrons. The summed E-state index contributed by atoms with van der Waals surface area (Å²) in [5.41, 5.74) is 2.11. The van der Waals surface area contributed by atoms with Crippen molar-refractivity contribution >= 4 is 11.7 Å². The number of nitrogens with one attached hydrogen (secondary N) is 1. The fourth-order valence-electron chi connectivity index (χ4n) is 2.36. The van der Waals surface area contributed by atoms with E-state index in [0.717, 1.165) is 11.4 Å². The van der Waals surface area contributed by atoms with Crippen molar-refractivity contribution in [2.75, 3.05) is 5.32 Å². The van der Waals surface area contributed by atoms with Crippen molar-refractivity contribution in [2.24, 2.45) is 0 Å². The van der Waals surface area contributed by atoms with E-state index in [4.69, 9.17) is 0 Å². The van der Waals surface area contributed by atoms with Gasteiger partial charge < -0.3 is 5.32 Å². The third-order valence-electron chi connectivity index (χ3n) is 3.48. The minimum Gasteiger partial charge on any atom is -0.309 e. The Kier molecular flexibility index (Phi) is 4.38. The van der Waals surface area contributed by atoms with Crippen LogP contribution < -0.4 is 10.9 Å². The molecule has 3 aromatic heterocycles. The number of carbonyl (C=O) groups is 1. The van der Waals surface area contributed by atoms with Crippen molar-refractivity contribution in [1.29, 1.82) is 0 Å². The van der Waals surface area contributed by atoms with Crippen molar-refractivity contribution < 1.29 is 4.79 Å².